The number of nitrogens with zero attached hydrogens (tertiary/aromatic N) is 5. The van der Waals surface area contributed by atoms with Crippen LogP contribution in [0, 0.1) is 0 Å². The highest BCUT2D eigenvalue weighted by Gasteiger charge is 2.28. The number of aromatic nitrogens is 4. The van der Waals surface area contributed by atoms with Crippen LogP contribution in [-0.2, 0) is 6.54 Å². The van der Waals surface area contributed by atoms with Crippen molar-refractivity contribution in [3.63, 3.8) is 0 Å². The molecule has 0 bridgehead atoms. The molecular weight excluding hydrogens is 326 g/mol. The third-order valence-electron chi connectivity index (χ3n) is 4.81. The molecule has 26 heavy (non-hydrogen) atoms. The van der Waals surface area contributed by atoms with Crippen molar-refractivity contribution in [2.24, 2.45) is 0 Å². The Bertz CT molecular complexity index is 862. The standard InChI is InChI=1S/C20H21N5O/c26-20(18-9-4-10-22-23-18)25-12-5-8-17(15-25)19-21-11-13-24(19)14-16-6-2-1-3-7-16/h1-4,6-7,9-11,13,17H,5,8,12,14-15H2. The van der Waals surface area contributed by atoms with E-state index in [0.717, 1.165) is 31.8 Å². The molecular formula is C20H21N5O. The summed E-state index contributed by atoms with van der Waals surface area (Å²) < 4.78 is 2.19. The van der Waals surface area contributed by atoms with Crippen molar-refractivity contribution < 1.29 is 4.79 Å². The van der Waals surface area contributed by atoms with Gasteiger partial charge in [-0.1, -0.05) is 30.3 Å². The second-order valence-electron chi connectivity index (χ2n) is 6.60. The molecule has 0 radical (unpaired) electrons. The van der Waals surface area contributed by atoms with Gasteiger partial charge in [-0.15, -0.1) is 5.10 Å². The average Bonchev–Trinajstić information content (AvgIpc) is 3.17. The quantitative estimate of drug-likeness (QED) is 0.728. The third-order valence-corrected chi connectivity index (χ3v) is 4.81. The zero-order chi connectivity index (χ0) is 17.8. The molecule has 3 heterocycles. The van der Waals surface area contributed by atoms with Gasteiger partial charge in [0.2, 0.25) is 0 Å². The Kier molecular flexibility index (Phi) is 4.73. The predicted octanol–water partition coefficient (Wildman–Crippen LogP) is 2.74. The Hall–Kier alpha value is -3.02. The zero-order valence-electron chi connectivity index (χ0n) is 14.5. The lowest BCUT2D eigenvalue weighted by molar-refractivity contribution is 0.0696. The number of benzene rings is 1. The minimum absolute atomic E-state index is 0.0519. The minimum Gasteiger partial charge on any atom is -0.337 e. The van der Waals surface area contributed by atoms with Gasteiger partial charge in [0.25, 0.3) is 5.91 Å². The van der Waals surface area contributed by atoms with Crippen LogP contribution in [0.1, 0.15) is 40.6 Å². The Morgan fingerprint density at radius 3 is 2.81 bits per heavy atom. The van der Waals surface area contributed by atoms with Crippen molar-refractivity contribution in [1.82, 2.24) is 24.6 Å². The first-order valence-corrected chi connectivity index (χ1v) is 8.93. The molecule has 2 aromatic heterocycles. The lowest BCUT2D eigenvalue weighted by Crippen LogP contribution is -2.40. The number of amides is 1. The normalized spacial score (nSPS) is 17.2. The smallest absolute Gasteiger partial charge is 0.274 e. The average molecular weight is 347 g/mol. The molecule has 0 saturated carbocycles. The fourth-order valence-electron chi connectivity index (χ4n) is 3.54. The summed E-state index contributed by atoms with van der Waals surface area (Å²) >= 11 is 0. The lowest BCUT2D eigenvalue weighted by atomic mass is 9.96. The van der Waals surface area contributed by atoms with E-state index in [-0.39, 0.29) is 11.8 Å². The number of hydrogen-bond donors (Lipinski definition) is 0. The van der Waals surface area contributed by atoms with Crippen molar-refractivity contribution in [3.8, 4) is 0 Å². The summed E-state index contributed by atoms with van der Waals surface area (Å²) in [5.41, 5.74) is 1.65. The molecule has 6 nitrogen and oxygen atoms in total. The van der Waals surface area contributed by atoms with Crippen LogP contribution in [0.2, 0.25) is 0 Å². The van der Waals surface area contributed by atoms with E-state index in [4.69, 9.17) is 0 Å². The lowest BCUT2D eigenvalue weighted by Gasteiger charge is -2.32. The number of likely N-dealkylation sites (tertiary alicyclic amines) is 1. The molecule has 6 heteroatoms. The van der Waals surface area contributed by atoms with E-state index in [1.54, 1.807) is 18.3 Å². The highest BCUT2D eigenvalue weighted by atomic mass is 16.2. The summed E-state index contributed by atoms with van der Waals surface area (Å²) in [5, 5.41) is 7.77. The molecule has 1 aliphatic rings. The highest BCUT2D eigenvalue weighted by molar-refractivity contribution is 5.92. The first-order valence-electron chi connectivity index (χ1n) is 8.93. The van der Waals surface area contributed by atoms with Crippen LogP contribution in [0.5, 0.6) is 0 Å². The molecule has 1 aliphatic heterocycles. The maximum absolute atomic E-state index is 12.7. The molecule has 1 fully saturated rings. The van der Waals surface area contributed by atoms with E-state index in [2.05, 4.69) is 31.9 Å². The predicted molar refractivity (Wildman–Crippen MR) is 97.7 cm³/mol. The number of hydrogen-bond acceptors (Lipinski definition) is 4. The zero-order valence-corrected chi connectivity index (χ0v) is 14.5. The second-order valence-corrected chi connectivity index (χ2v) is 6.60. The first-order chi connectivity index (χ1) is 12.8. The van der Waals surface area contributed by atoms with E-state index in [1.165, 1.54) is 5.56 Å². The molecule has 4 rings (SSSR count). The monoisotopic (exact) mass is 347 g/mol. The fourth-order valence-corrected chi connectivity index (χ4v) is 3.54. The molecule has 0 N–H and O–H groups in total. The van der Waals surface area contributed by atoms with E-state index in [9.17, 15) is 4.79 Å². The van der Waals surface area contributed by atoms with Crippen LogP contribution in [0.3, 0.4) is 0 Å². The molecule has 0 aliphatic carbocycles. The van der Waals surface area contributed by atoms with Crippen molar-refractivity contribution in [1.29, 1.82) is 0 Å². The third kappa shape index (κ3) is 3.49. The molecule has 1 atom stereocenters. The first kappa shape index (κ1) is 16.4. The second kappa shape index (κ2) is 7.47. The van der Waals surface area contributed by atoms with Gasteiger partial charge in [-0.05, 0) is 30.5 Å². The number of carbonyl (C=O) groups is 1. The Labute approximate surface area is 152 Å². The molecule has 1 aromatic carbocycles. The van der Waals surface area contributed by atoms with Gasteiger partial charge >= 0.3 is 0 Å². The van der Waals surface area contributed by atoms with Crippen LogP contribution in [0.25, 0.3) is 0 Å². The Balaban J connectivity index is 1.50. The van der Waals surface area contributed by atoms with Gasteiger partial charge in [-0.2, -0.15) is 5.10 Å². The molecule has 1 amide bonds. The molecule has 0 spiro atoms. The van der Waals surface area contributed by atoms with Crippen molar-refractivity contribution in [3.05, 3.63) is 78.1 Å². The van der Waals surface area contributed by atoms with Gasteiger partial charge in [0.1, 0.15) is 5.82 Å². The van der Waals surface area contributed by atoms with Crippen molar-refractivity contribution >= 4 is 5.91 Å². The van der Waals surface area contributed by atoms with Gasteiger partial charge in [0.05, 0.1) is 0 Å². The van der Waals surface area contributed by atoms with Crippen LogP contribution >= 0.6 is 0 Å². The van der Waals surface area contributed by atoms with Crippen molar-refractivity contribution in [2.75, 3.05) is 13.1 Å². The summed E-state index contributed by atoms with van der Waals surface area (Å²) in [7, 11) is 0. The Morgan fingerprint density at radius 2 is 2.00 bits per heavy atom. The van der Waals surface area contributed by atoms with Gasteiger partial charge < -0.3 is 9.47 Å². The molecule has 3 aromatic rings. The largest absolute Gasteiger partial charge is 0.337 e. The summed E-state index contributed by atoms with van der Waals surface area (Å²) in [6.45, 7) is 2.22. The van der Waals surface area contributed by atoms with Crippen LogP contribution < -0.4 is 0 Å². The van der Waals surface area contributed by atoms with Crippen LogP contribution in [0.15, 0.2) is 61.1 Å². The maximum atomic E-state index is 12.7. The SMILES string of the molecule is O=C(c1cccnn1)N1CCCC(c2nccn2Cc2ccccc2)C1. The van der Waals surface area contributed by atoms with Crippen molar-refractivity contribution in [2.45, 2.75) is 25.3 Å². The maximum Gasteiger partial charge on any atom is 0.274 e. The highest BCUT2D eigenvalue weighted by Crippen LogP contribution is 2.27. The number of piperidine rings is 1. The fraction of sp³-hybridized carbons (Fsp3) is 0.300. The van der Waals surface area contributed by atoms with Crippen LogP contribution in [-0.4, -0.2) is 43.6 Å². The van der Waals surface area contributed by atoms with E-state index >= 15 is 0 Å². The number of imidazole rings is 1. The topological polar surface area (TPSA) is 63.9 Å². The number of rotatable bonds is 4. The molecule has 1 saturated heterocycles. The summed E-state index contributed by atoms with van der Waals surface area (Å²) in [6.07, 6.45) is 7.45. The van der Waals surface area contributed by atoms with E-state index in [1.807, 2.05) is 35.5 Å². The Morgan fingerprint density at radius 1 is 1.12 bits per heavy atom. The summed E-state index contributed by atoms with van der Waals surface area (Å²) in [5.74, 6) is 1.23. The molecule has 1 unspecified atom stereocenters. The summed E-state index contributed by atoms with van der Waals surface area (Å²) in [4.78, 5) is 19.2. The molecule has 132 valence electrons. The van der Waals surface area contributed by atoms with Gasteiger partial charge in [-0.25, -0.2) is 4.98 Å². The van der Waals surface area contributed by atoms with Crippen LogP contribution in [0.4, 0.5) is 0 Å². The van der Waals surface area contributed by atoms with Gasteiger partial charge in [-0.3, -0.25) is 4.79 Å². The van der Waals surface area contributed by atoms with Gasteiger partial charge in [0, 0.05) is 44.1 Å². The van der Waals surface area contributed by atoms with E-state index < -0.39 is 0 Å². The van der Waals surface area contributed by atoms with Gasteiger partial charge in [0.15, 0.2) is 5.69 Å². The van der Waals surface area contributed by atoms with E-state index in [0.29, 0.717) is 12.2 Å². The minimum atomic E-state index is -0.0519. The number of carbonyl (C=O) groups excluding carboxylic acids is 1. The summed E-state index contributed by atoms with van der Waals surface area (Å²) in [6, 6.07) is 13.8.